The van der Waals surface area contributed by atoms with Gasteiger partial charge in [-0.05, 0) is 11.6 Å². The molecule has 1 amide bonds. The van der Waals surface area contributed by atoms with E-state index in [1.807, 2.05) is 24.3 Å². The lowest BCUT2D eigenvalue weighted by atomic mass is 10.2. The summed E-state index contributed by atoms with van der Waals surface area (Å²) >= 11 is 6.06. The van der Waals surface area contributed by atoms with E-state index >= 15 is 0 Å². The highest BCUT2D eigenvalue weighted by Crippen LogP contribution is 2.16. The molecule has 0 spiro atoms. The van der Waals surface area contributed by atoms with Crippen molar-refractivity contribution in [1.29, 1.82) is 0 Å². The number of benzene rings is 1. The summed E-state index contributed by atoms with van der Waals surface area (Å²) in [4.78, 5) is 13.6. The quantitative estimate of drug-likeness (QED) is 0.927. The summed E-state index contributed by atoms with van der Waals surface area (Å²) in [6.07, 6.45) is 3.14. The maximum atomic E-state index is 12.0. The molecule has 0 aliphatic heterocycles. The van der Waals surface area contributed by atoms with Gasteiger partial charge in [0.2, 0.25) is 5.91 Å². The highest BCUT2D eigenvalue weighted by molar-refractivity contribution is 6.31. The number of aromatic nitrogens is 2. The van der Waals surface area contributed by atoms with Crippen LogP contribution < -0.4 is 5.73 Å². The van der Waals surface area contributed by atoms with E-state index in [1.165, 1.54) is 10.9 Å². The number of likely N-dealkylation sites (N-methyl/N-ethyl adjacent to an activating group) is 1. The van der Waals surface area contributed by atoms with Crippen LogP contribution in [0, 0.1) is 0 Å². The molecule has 1 heterocycles. The number of carbonyl (C=O) groups is 1. The van der Waals surface area contributed by atoms with Crippen LogP contribution in [0.3, 0.4) is 0 Å². The molecule has 0 aliphatic rings. The number of hydrogen-bond donors (Lipinski definition) is 1. The monoisotopic (exact) mass is 278 g/mol. The molecular weight excluding hydrogens is 264 g/mol. The highest BCUT2D eigenvalue weighted by Gasteiger charge is 2.12. The molecule has 2 N–H and O–H groups in total. The van der Waals surface area contributed by atoms with Crippen molar-refractivity contribution in [3.8, 4) is 0 Å². The van der Waals surface area contributed by atoms with Crippen LogP contribution in [0.2, 0.25) is 5.02 Å². The Balaban J connectivity index is 1.98. The average molecular weight is 279 g/mol. The lowest BCUT2D eigenvalue weighted by Gasteiger charge is -2.18. The van der Waals surface area contributed by atoms with Crippen LogP contribution in [0.1, 0.15) is 5.56 Å². The second-order valence-corrected chi connectivity index (χ2v) is 4.72. The van der Waals surface area contributed by atoms with Crippen LogP contribution in [-0.2, 0) is 17.9 Å². The molecule has 0 fully saturated rings. The first-order valence-electron chi connectivity index (χ1n) is 5.81. The molecule has 0 aliphatic carbocycles. The van der Waals surface area contributed by atoms with Crippen LogP contribution in [0.4, 0.5) is 5.69 Å². The first kappa shape index (κ1) is 13.4. The smallest absolute Gasteiger partial charge is 0.244 e. The first-order valence-corrected chi connectivity index (χ1v) is 6.19. The summed E-state index contributed by atoms with van der Waals surface area (Å²) < 4.78 is 1.51. The Bertz CT molecular complexity index is 582. The van der Waals surface area contributed by atoms with E-state index in [9.17, 15) is 4.79 Å². The van der Waals surface area contributed by atoms with Gasteiger partial charge in [-0.25, -0.2) is 0 Å². The molecule has 2 aromatic rings. The number of halogens is 1. The first-order chi connectivity index (χ1) is 9.06. The van der Waals surface area contributed by atoms with Crippen LogP contribution in [0.5, 0.6) is 0 Å². The van der Waals surface area contributed by atoms with E-state index in [2.05, 4.69) is 5.10 Å². The van der Waals surface area contributed by atoms with E-state index in [-0.39, 0.29) is 12.5 Å². The predicted molar refractivity (Wildman–Crippen MR) is 74.6 cm³/mol. The summed E-state index contributed by atoms with van der Waals surface area (Å²) in [5.41, 5.74) is 7.01. The normalized spacial score (nSPS) is 10.4. The van der Waals surface area contributed by atoms with Gasteiger partial charge in [0, 0.05) is 24.8 Å². The number of nitrogens with zero attached hydrogens (tertiary/aromatic N) is 3. The molecule has 0 atom stereocenters. The van der Waals surface area contributed by atoms with Crippen LogP contribution in [0.15, 0.2) is 36.7 Å². The fraction of sp³-hybridized carbons (Fsp3) is 0.231. The van der Waals surface area contributed by atoms with Crippen molar-refractivity contribution >= 4 is 23.2 Å². The van der Waals surface area contributed by atoms with Crippen molar-refractivity contribution in [1.82, 2.24) is 14.7 Å². The van der Waals surface area contributed by atoms with Crippen molar-refractivity contribution < 1.29 is 4.79 Å². The van der Waals surface area contributed by atoms with Crippen molar-refractivity contribution in [3.05, 3.63) is 47.2 Å². The second-order valence-electron chi connectivity index (χ2n) is 4.31. The van der Waals surface area contributed by atoms with Gasteiger partial charge in [0.25, 0.3) is 0 Å². The molecular formula is C13H15ClN4O. The fourth-order valence-corrected chi connectivity index (χ4v) is 1.89. The van der Waals surface area contributed by atoms with E-state index < -0.39 is 0 Å². The maximum absolute atomic E-state index is 12.0. The van der Waals surface area contributed by atoms with Gasteiger partial charge in [-0.2, -0.15) is 5.10 Å². The molecule has 19 heavy (non-hydrogen) atoms. The highest BCUT2D eigenvalue weighted by atomic mass is 35.5. The van der Waals surface area contributed by atoms with Gasteiger partial charge in [0.15, 0.2) is 0 Å². The van der Waals surface area contributed by atoms with Gasteiger partial charge in [0.1, 0.15) is 6.54 Å². The molecule has 0 unspecified atom stereocenters. The molecule has 1 aromatic heterocycles. The number of anilines is 1. The van der Waals surface area contributed by atoms with E-state index in [1.54, 1.807) is 18.1 Å². The third kappa shape index (κ3) is 3.48. The van der Waals surface area contributed by atoms with Crippen molar-refractivity contribution in [2.75, 3.05) is 12.8 Å². The van der Waals surface area contributed by atoms with Crippen molar-refractivity contribution in [2.24, 2.45) is 0 Å². The second kappa shape index (κ2) is 5.75. The molecule has 2 rings (SSSR count). The summed E-state index contributed by atoms with van der Waals surface area (Å²) in [5.74, 6) is -0.0528. The van der Waals surface area contributed by atoms with E-state index in [0.717, 1.165) is 5.56 Å². The average Bonchev–Trinajstić information content (AvgIpc) is 2.77. The third-order valence-corrected chi connectivity index (χ3v) is 3.11. The Hall–Kier alpha value is -2.01. The summed E-state index contributed by atoms with van der Waals surface area (Å²) in [6.45, 7) is 0.632. The van der Waals surface area contributed by atoms with Gasteiger partial charge in [-0.15, -0.1) is 0 Å². The zero-order valence-electron chi connectivity index (χ0n) is 10.6. The van der Waals surface area contributed by atoms with Crippen LogP contribution >= 0.6 is 11.6 Å². The Morgan fingerprint density at radius 2 is 2.21 bits per heavy atom. The van der Waals surface area contributed by atoms with Crippen LogP contribution in [-0.4, -0.2) is 27.6 Å². The summed E-state index contributed by atoms with van der Waals surface area (Å²) in [5, 5.41) is 4.64. The number of nitrogen functional groups attached to an aromatic ring is 1. The number of hydrogen-bond acceptors (Lipinski definition) is 3. The molecule has 6 heteroatoms. The molecule has 0 saturated carbocycles. The van der Waals surface area contributed by atoms with Crippen molar-refractivity contribution in [3.63, 3.8) is 0 Å². The minimum atomic E-state index is -0.0528. The standard InChI is InChI=1S/C13H15ClN4O/c1-17(7-10-4-2-3-5-12(10)14)13(19)9-18-8-11(15)6-16-18/h2-6,8H,7,9,15H2,1H3. The van der Waals surface area contributed by atoms with Crippen LogP contribution in [0.25, 0.3) is 0 Å². The minimum absolute atomic E-state index is 0.0528. The lowest BCUT2D eigenvalue weighted by molar-refractivity contribution is -0.131. The van der Waals surface area contributed by atoms with E-state index in [4.69, 9.17) is 17.3 Å². The van der Waals surface area contributed by atoms with Gasteiger partial charge in [-0.1, -0.05) is 29.8 Å². The Kier molecular flexibility index (Phi) is 4.06. The maximum Gasteiger partial charge on any atom is 0.244 e. The predicted octanol–water partition coefficient (Wildman–Crippen LogP) is 1.78. The van der Waals surface area contributed by atoms with Gasteiger partial charge < -0.3 is 10.6 Å². The fourth-order valence-electron chi connectivity index (χ4n) is 1.70. The van der Waals surface area contributed by atoms with E-state index in [0.29, 0.717) is 17.3 Å². The Labute approximate surface area is 116 Å². The minimum Gasteiger partial charge on any atom is -0.396 e. The van der Waals surface area contributed by atoms with Gasteiger partial charge in [0.05, 0.1) is 11.9 Å². The van der Waals surface area contributed by atoms with Gasteiger partial charge in [-0.3, -0.25) is 9.48 Å². The zero-order chi connectivity index (χ0) is 13.8. The largest absolute Gasteiger partial charge is 0.396 e. The molecule has 5 nitrogen and oxygen atoms in total. The summed E-state index contributed by atoms with van der Waals surface area (Å²) in [6, 6.07) is 7.47. The topological polar surface area (TPSA) is 64.2 Å². The molecule has 0 saturated heterocycles. The SMILES string of the molecule is CN(Cc1ccccc1Cl)C(=O)Cn1cc(N)cn1. The lowest BCUT2D eigenvalue weighted by Crippen LogP contribution is -2.30. The number of nitrogens with two attached hydrogens (primary N) is 1. The molecule has 1 aromatic carbocycles. The Morgan fingerprint density at radius 3 is 2.84 bits per heavy atom. The third-order valence-electron chi connectivity index (χ3n) is 2.74. The summed E-state index contributed by atoms with van der Waals surface area (Å²) in [7, 11) is 1.73. The number of amides is 1. The molecule has 100 valence electrons. The van der Waals surface area contributed by atoms with Gasteiger partial charge >= 0.3 is 0 Å². The molecule has 0 bridgehead atoms. The number of rotatable bonds is 4. The molecule has 0 radical (unpaired) electrons. The van der Waals surface area contributed by atoms with Crippen molar-refractivity contribution in [2.45, 2.75) is 13.1 Å². The number of carbonyl (C=O) groups excluding carboxylic acids is 1. The zero-order valence-corrected chi connectivity index (χ0v) is 11.3. The Morgan fingerprint density at radius 1 is 1.47 bits per heavy atom.